The molecule has 5 nitrogen and oxygen atoms in total. The summed E-state index contributed by atoms with van der Waals surface area (Å²) in [6.45, 7) is 0. The van der Waals surface area contributed by atoms with Gasteiger partial charge in [0.25, 0.3) is 0 Å². The third-order valence-corrected chi connectivity index (χ3v) is 11.0. The van der Waals surface area contributed by atoms with Gasteiger partial charge >= 0.3 is 0 Å². The third-order valence-electron chi connectivity index (χ3n) is 11.0. The van der Waals surface area contributed by atoms with Crippen molar-refractivity contribution in [2.45, 2.75) is 0 Å². The maximum absolute atomic E-state index is 6.30. The van der Waals surface area contributed by atoms with Crippen LogP contribution in [-0.2, 0) is 0 Å². The van der Waals surface area contributed by atoms with Crippen LogP contribution in [0.4, 0.5) is 17.1 Å². The lowest BCUT2D eigenvalue weighted by Gasteiger charge is -2.26. The Labute approximate surface area is 335 Å². The summed E-state index contributed by atoms with van der Waals surface area (Å²) >= 11 is 0. The molecule has 0 unspecified atom stereocenters. The lowest BCUT2D eigenvalue weighted by atomic mass is 10.0. The van der Waals surface area contributed by atoms with Crippen LogP contribution >= 0.6 is 0 Å². The van der Waals surface area contributed by atoms with Gasteiger partial charge < -0.3 is 9.32 Å². The minimum atomic E-state index is 0.648. The van der Waals surface area contributed by atoms with Crippen molar-refractivity contribution >= 4 is 60.8 Å². The molecule has 7 aromatic carbocycles. The van der Waals surface area contributed by atoms with Crippen molar-refractivity contribution < 1.29 is 4.42 Å². The van der Waals surface area contributed by atoms with Gasteiger partial charge in [-0.2, -0.15) is 0 Å². The van der Waals surface area contributed by atoms with Crippen molar-refractivity contribution in [3.05, 3.63) is 207 Å². The number of hydrogen-bond acceptors (Lipinski definition) is 5. The largest absolute Gasteiger partial charge is 0.437 e. The average molecular weight is 743 g/mol. The zero-order valence-electron chi connectivity index (χ0n) is 31.3. The summed E-state index contributed by atoms with van der Waals surface area (Å²) in [6.07, 6.45) is 3.60. The second kappa shape index (κ2) is 14.0. The van der Waals surface area contributed by atoms with E-state index in [2.05, 4.69) is 174 Å². The Bertz CT molecular complexity index is 3260. The molecule has 0 atom stereocenters. The highest BCUT2D eigenvalue weighted by molar-refractivity contribution is 6.08. The summed E-state index contributed by atoms with van der Waals surface area (Å²) in [6, 6.07) is 68.2. The van der Waals surface area contributed by atoms with Gasteiger partial charge in [-0.15, -0.1) is 0 Å². The van der Waals surface area contributed by atoms with Gasteiger partial charge in [-0.25, -0.2) is 9.97 Å². The van der Waals surface area contributed by atoms with Crippen molar-refractivity contribution in [1.29, 1.82) is 0 Å². The number of rotatable bonds is 7. The van der Waals surface area contributed by atoms with Crippen molar-refractivity contribution in [3.63, 3.8) is 0 Å². The van der Waals surface area contributed by atoms with Crippen LogP contribution in [0, 0.1) is 0 Å². The van der Waals surface area contributed by atoms with Crippen LogP contribution in [0.2, 0.25) is 0 Å². The van der Waals surface area contributed by atoms with Crippen LogP contribution < -0.4 is 4.90 Å². The Kier molecular flexibility index (Phi) is 8.07. The topological polar surface area (TPSA) is 55.1 Å². The first-order valence-electron chi connectivity index (χ1n) is 19.4. The van der Waals surface area contributed by atoms with Gasteiger partial charge in [-0.05, 0) is 94.2 Å². The highest BCUT2D eigenvalue weighted by atomic mass is 16.3. The summed E-state index contributed by atoms with van der Waals surface area (Å²) in [5.41, 5.74) is 13.8. The Balaban J connectivity index is 0.991. The fraction of sp³-hybridized carbons (Fsp3) is 0. The predicted molar refractivity (Wildman–Crippen MR) is 239 cm³/mol. The number of hydrogen-bond donors (Lipinski definition) is 0. The van der Waals surface area contributed by atoms with Crippen molar-refractivity contribution in [2.75, 3.05) is 4.90 Å². The van der Waals surface area contributed by atoms with Gasteiger partial charge in [0.15, 0.2) is 0 Å². The Morgan fingerprint density at radius 1 is 0.397 bits per heavy atom. The van der Waals surface area contributed by atoms with Crippen LogP contribution in [0.1, 0.15) is 0 Å². The van der Waals surface area contributed by atoms with E-state index in [-0.39, 0.29) is 0 Å². The highest BCUT2D eigenvalue weighted by Gasteiger charge is 2.17. The van der Waals surface area contributed by atoms with Crippen molar-refractivity contribution in [1.82, 2.24) is 15.0 Å². The molecule has 0 aliphatic heterocycles. The van der Waals surface area contributed by atoms with E-state index in [0.717, 1.165) is 78.0 Å². The molecule has 272 valence electrons. The van der Waals surface area contributed by atoms with Gasteiger partial charge in [-0.3, -0.25) is 4.98 Å². The molecule has 0 amide bonds. The molecule has 58 heavy (non-hydrogen) atoms. The Morgan fingerprint density at radius 2 is 1.02 bits per heavy atom. The van der Waals surface area contributed by atoms with E-state index in [0.29, 0.717) is 5.71 Å². The number of fused-ring (bicyclic) bond motifs is 5. The van der Waals surface area contributed by atoms with E-state index in [1.165, 1.54) is 21.9 Å². The number of nitrogens with zero attached hydrogens (tertiary/aromatic N) is 4. The summed E-state index contributed by atoms with van der Waals surface area (Å²) in [4.78, 5) is 16.7. The number of pyridine rings is 3. The molecule has 0 bridgehead atoms. The summed E-state index contributed by atoms with van der Waals surface area (Å²) in [7, 11) is 0. The monoisotopic (exact) mass is 742 g/mol. The molecule has 0 saturated heterocycles. The minimum absolute atomic E-state index is 0.648. The molecule has 0 saturated carbocycles. The molecule has 11 rings (SSSR count). The molecule has 5 heteroatoms. The van der Waals surface area contributed by atoms with E-state index >= 15 is 0 Å². The number of anilines is 3. The molecule has 0 aliphatic rings. The fourth-order valence-corrected chi connectivity index (χ4v) is 8.08. The fourth-order valence-electron chi connectivity index (χ4n) is 8.08. The molecule has 0 aliphatic carbocycles. The summed E-state index contributed by atoms with van der Waals surface area (Å²) < 4.78 is 6.30. The Hall–Kier alpha value is -7.89. The number of benzene rings is 7. The average Bonchev–Trinajstić information content (AvgIpc) is 3.69. The first kappa shape index (κ1) is 33.4. The van der Waals surface area contributed by atoms with E-state index in [9.17, 15) is 0 Å². The normalized spacial score (nSPS) is 11.4. The maximum atomic E-state index is 6.30. The molecule has 0 radical (unpaired) electrons. The quantitative estimate of drug-likeness (QED) is 0.163. The van der Waals surface area contributed by atoms with Crippen LogP contribution in [0.25, 0.3) is 88.5 Å². The van der Waals surface area contributed by atoms with Crippen LogP contribution in [0.5, 0.6) is 0 Å². The first-order valence-corrected chi connectivity index (χ1v) is 19.4. The first-order chi connectivity index (χ1) is 28.7. The molecule has 11 aromatic rings. The molecule has 0 fully saturated rings. The lowest BCUT2D eigenvalue weighted by molar-refractivity contribution is 0.655. The minimum Gasteiger partial charge on any atom is -0.437 e. The maximum Gasteiger partial charge on any atom is 0.227 e. The zero-order chi connectivity index (χ0) is 38.4. The van der Waals surface area contributed by atoms with E-state index in [1.54, 1.807) is 6.20 Å². The third kappa shape index (κ3) is 5.94. The standard InChI is InChI=1S/C53H34N4O/c1-2-10-39(11-3-1)51-50-42(13-7-31-54-50)34-49(56-51)38-23-29-45(30-24-38)57(43-25-19-36(20-26-43)41-18-17-35-9-4-5-12-40(35)33-41)44-27-21-37(22-28-44)46-14-6-15-47-48-16-8-32-55-53(48)58-52(46)47/h1-34H. The molecule has 0 spiro atoms. The SMILES string of the molecule is c1ccc(-c2nc(-c3ccc(N(c4ccc(-c5ccc6ccccc6c5)cc4)c4ccc(-c5cccc6c5oc5ncccc56)cc4)cc3)cc3cccnc23)cc1. The van der Waals surface area contributed by atoms with Gasteiger partial charge in [0.1, 0.15) is 5.58 Å². The second-order valence-electron chi connectivity index (χ2n) is 14.5. The summed E-state index contributed by atoms with van der Waals surface area (Å²) in [5, 5.41) is 5.60. The van der Waals surface area contributed by atoms with Crippen LogP contribution in [0.3, 0.4) is 0 Å². The van der Waals surface area contributed by atoms with Crippen LogP contribution in [-0.4, -0.2) is 15.0 Å². The second-order valence-corrected chi connectivity index (χ2v) is 14.5. The van der Waals surface area contributed by atoms with Crippen LogP contribution in [0.15, 0.2) is 211 Å². The predicted octanol–water partition coefficient (Wildman–Crippen LogP) is 14.2. The van der Waals surface area contributed by atoms with Gasteiger partial charge in [0.2, 0.25) is 5.71 Å². The molecule has 4 heterocycles. The van der Waals surface area contributed by atoms with Crippen molar-refractivity contribution in [3.8, 4) is 44.8 Å². The zero-order valence-corrected chi connectivity index (χ0v) is 31.3. The van der Waals surface area contributed by atoms with Gasteiger partial charge in [0.05, 0.1) is 16.9 Å². The molecule has 0 N–H and O–H groups in total. The molecular weight excluding hydrogens is 709 g/mol. The van der Waals surface area contributed by atoms with Gasteiger partial charge in [-0.1, -0.05) is 127 Å². The molecular formula is C53H34N4O. The van der Waals surface area contributed by atoms with Gasteiger partial charge in [0, 0.05) is 62.3 Å². The summed E-state index contributed by atoms with van der Waals surface area (Å²) in [5.74, 6) is 0. The van der Waals surface area contributed by atoms with E-state index < -0.39 is 0 Å². The van der Waals surface area contributed by atoms with E-state index in [4.69, 9.17) is 14.4 Å². The molecule has 4 aromatic heterocycles. The number of aromatic nitrogens is 3. The number of para-hydroxylation sites is 1. The smallest absolute Gasteiger partial charge is 0.227 e. The van der Waals surface area contributed by atoms with Crippen molar-refractivity contribution in [2.24, 2.45) is 0 Å². The lowest BCUT2D eigenvalue weighted by Crippen LogP contribution is -2.09. The highest BCUT2D eigenvalue weighted by Crippen LogP contribution is 2.40. The number of furan rings is 1. The van der Waals surface area contributed by atoms with E-state index in [1.807, 2.05) is 36.5 Å². The Morgan fingerprint density at radius 3 is 1.79 bits per heavy atom.